The van der Waals surface area contributed by atoms with Crippen molar-refractivity contribution in [3.8, 4) is 0 Å². The van der Waals surface area contributed by atoms with Gasteiger partial charge in [-0.3, -0.25) is 0 Å². The van der Waals surface area contributed by atoms with E-state index in [1.165, 1.54) is 263 Å². The molecule has 47 heavy (non-hydrogen) atoms. The predicted molar refractivity (Wildman–Crippen MR) is 219 cm³/mol. The summed E-state index contributed by atoms with van der Waals surface area (Å²) in [6.45, 7) is 9.99. The molecule has 0 heteroatoms. The lowest BCUT2D eigenvalue weighted by atomic mass is 9.89. The molecule has 0 radical (unpaired) electrons. The lowest BCUT2D eigenvalue weighted by Gasteiger charge is -2.17. The standard InChI is InChI=1S/C47H92/c1-4-7-10-13-15-17-19-21-23-25-27-29-31-33-35-37-39-42-45-47(44-41-12-9-6-3)46-43-40-38-36-34-32-30-28-26-24-22-20-18-16-14-11-8-5-2/h4-5,47H,1-2,6-46H2,3H3. The predicted octanol–water partition coefficient (Wildman–Crippen LogP) is 18.0. The molecule has 0 aliphatic heterocycles. The highest BCUT2D eigenvalue weighted by Gasteiger charge is 2.09. The summed E-state index contributed by atoms with van der Waals surface area (Å²) in [4.78, 5) is 0. The van der Waals surface area contributed by atoms with Gasteiger partial charge in [-0.25, -0.2) is 0 Å². The minimum absolute atomic E-state index is 1.03. The summed E-state index contributed by atoms with van der Waals surface area (Å²) >= 11 is 0. The quantitative estimate of drug-likeness (QED) is 0.0452. The Morgan fingerprint density at radius 3 is 0.681 bits per heavy atom. The maximum absolute atomic E-state index is 3.82. The smallest absolute Gasteiger partial charge is 0.0353 e. The Morgan fingerprint density at radius 1 is 0.277 bits per heavy atom. The molecule has 0 aliphatic rings. The molecule has 0 saturated carbocycles. The van der Waals surface area contributed by atoms with Crippen molar-refractivity contribution in [2.75, 3.05) is 0 Å². The average Bonchev–Trinajstić information content (AvgIpc) is 3.08. The minimum atomic E-state index is 1.03. The first-order chi connectivity index (χ1) is 23.3. The molecule has 0 amide bonds. The molecule has 0 aromatic rings. The van der Waals surface area contributed by atoms with Crippen molar-refractivity contribution < 1.29 is 0 Å². The first kappa shape index (κ1) is 46.5. The second-order valence-corrected chi connectivity index (χ2v) is 15.8. The molecule has 0 aliphatic carbocycles. The van der Waals surface area contributed by atoms with E-state index in [1.807, 2.05) is 0 Å². The number of hydrogen-bond donors (Lipinski definition) is 0. The summed E-state index contributed by atoms with van der Waals surface area (Å²) in [5.74, 6) is 1.03. The molecule has 0 saturated heterocycles. The Balaban J connectivity index is 3.58. The van der Waals surface area contributed by atoms with Crippen LogP contribution < -0.4 is 0 Å². The number of rotatable bonds is 43. The highest BCUT2D eigenvalue weighted by atomic mass is 14.1. The molecule has 0 heterocycles. The van der Waals surface area contributed by atoms with Crippen molar-refractivity contribution >= 4 is 0 Å². The molecule has 280 valence electrons. The summed E-state index contributed by atoms with van der Waals surface area (Å²) < 4.78 is 0. The summed E-state index contributed by atoms with van der Waals surface area (Å²) in [7, 11) is 0. The zero-order chi connectivity index (χ0) is 34.0. The van der Waals surface area contributed by atoms with Gasteiger partial charge in [-0.2, -0.15) is 0 Å². The maximum atomic E-state index is 3.82. The van der Waals surface area contributed by atoms with Crippen LogP contribution in [-0.4, -0.2) is 0 Å². The maximum Gasteiger partial charge on any atom is -0.0353 e. The van der Waals surface area contributed by atoms with Crippen molar-refractivity contribution in [3.05, 3.63) is 25.3 Å². The van der Waals surface area contributed by atoms with Crippen LogP contribution >= 0.6 is 0 Å². The molecule has 0 rings (SSSR count). The van der Waals surface area contributed by atoms with Gasteiger partial charge in [0.2, 0.25) is 0 Å². The monoisotopic (exact) mass is 657 g/mol. The van der Waals surface area contributed by atoms with E-state index >= 15 is 0 Å². The van der Waals surface area contributed by atoms with Gasteiger partial charge < -0.3 is 0 Å². The van der Waals surface area contributed by atoms with Gasteiger partial charge in [-0.05, 0) is 31.6 Å². The summed E-state index contributed by atoms with van der Waals surface area (Å²) in [5, 5.41) is 0. The van der Waals surface area contributed by atoms with Crippen LogP contribution in [0.25, 0.3) is 0 Å². The molecule has 0 aromatic carbocycles. The lowest BCUT2D eigenvalue weighted by molar-refractivity contribution is 0.366. The van der Waals surface area contributed by atoms with Gasteiger partial charge in [-0.1, -0.05) is 257 Å². The van der Waals surface area contributed by atoms with E-state index in [4.69, 9.17) is 0 Å². The van der Waals surface area contributed by atoms with Crippen LogP contribution in [0.4, 0.5) is 0 Å². The van der Waals surface area contributed by atoms with Gasteiger partial charge in [0.1, 0.15) is 0 Å². The molecule has 0 fully saturated rings. The van der Waals surface area contributed by atoms with Gasteiger partial charge >= 0.3 is 0 Å². The molecule has 0 N–H and O–H groups in total. The van der Waals surface area contributed by atoms with E-state index in [-0.39, 0.29) is 0 Å². The van der Waals surface area contributed by atoms with E-state index in [0.29, 0.717) is 0 Å². The summed E-state index contributed by atoms with van der Waals surface area (Å²) in [5.41, 5.74) is 0. The van der Waals surface area contributed by atoms with Crippen molar-refractivity contribution in [1.82, 2.24) is 0 Å². The van der Waals surface area contributed by atoms with Crippen molar-refractivity contribution in [1.29, 1.82) is 0 Å². The van der Waals surface area contributed by atoms with E-state index in [9.17, 15) is 0 Å². The van der Waals surface area contributed by atoms with Gasteiger partial charge in [0.05, 0.1) is 0 Å². The lowest BCUT2D eigenvalue weighted by Crippen LogP contribution is -2.01. The zero-order valence-electron chi connectivity index (χ0n) is 33.1. The Morgan fingerprint density at radius 2 is 0.468 bits per heavy atom. The Bertz CT molecular complexity index is 516. The summed E-state index contributed by atoms with van der Waals surface area (Å²) in [6.07, 6.45) is 63.8. The third-order valence-electron chi connectivity index (χ3n) is 11.0. The van der Waals surface area contributed by atoms with E-state index < -0.39 is 0 Å². The topological polar surface area (TPSA) is 0 Å². The van der Waals surface area contributed by atoms with E-state index in [2.05, 4.69) is 32.2 Å². The SMILES string of the molecule is C=CCCCCCCCCCCCCCCCCCCC(CCCCCC)CCCCCCCCCCCCCCCCCCC=C. The Labute approximate surface area is 300 Å². The van der Waals surface area contributed by atoms with Crippen molar-refractivity contribution in [2.45, 2.75) is 270 Å². The molecule has 0 aromatic heterocycles. The first-order valence-electron chi connectivity index (χ1n) is 22.6. The second-order valence-electron chi connectivity index (χ2n) is 15.8. The molecule has 0 nitrogen and oxygen atoms in total. The van der Waals surface area contributed by atoms with Crippen LogP contribution in [0.15, 0.2) is 25.3 Å². The molecule has 0 spiro atoms. The summed E-state index contributed by atoms with van der Waals surface area (Å²) in [6, 6.07) is 0. The fraction of sp³-hybridized carbons (Fsp3) is 0.915. The highest BCUT2D eigenvalue weighted by molar-refractivity contribution is 4.66. The van der Waals surface area contributed by atoms with E-state index in [1.54, 1.807) is 0 Å². The van der Waals surface area contributed by atoms with Gasteiger partial charge in [0.25, 0.3) is 0 Å². The average molecular weight is 657 g/mol. The highest BCUT2D eigenvalue weighted by Crippen LogP contribution is 2.25. The van der Waals surface area contributed by atoms with Gasteiger partial charge in [-0.15, -0.1) is 13.2 Å². The van der Waals surface area contributed by atoms with Crippen LogP contribution in [0.1, 0.15) is 270 Å². The largest absolute Gasteiger partial charge is 0.103 e. The number of unbranched alkanes of at least 4 members (excludes halogenated alkanes) is 35. The second kappa shape index (κ2) is 43.5. The molecule has 0 bridgehead atoms. The van der Waals surface area contributed by atoms with Gasteiger partial charge in [0.15, 0.2) is 0 Å². The molecular formula is C47H92. The number of hydrogen-bond acceptors (Lipinski definition) is 0. The third-order valence-corrected chi connectivity index (χ3v) is 11.0. The zero-order valence-corrected chi connectivity index (χ0v) is 33.1. The molecule has 0 unspecified atom stereocenters. The van der Waals surface area contributed by atoms with Crippen LogP contribution in [0.3, 0.4) is 0 Å². The molecule has 0 atom stereocenters. The van der Waals surface area contributed by atoms with E-state index in [0.717, 1.165) is 5.92 Å². The minimum Gasteiger partial charge on any atom is -0.103 e. The normalized spacial score (nSPS) is 11.5. The van der Waals surface area contributed by atoms with Crippen LogP contribution in [0.5, 0.6) is 0 Å². The fourth-order valence-electron chi connectivity index (χ4n) is 7.69. The van der Waals surface area contributed by atoms with Crippen molar-refractivity contribution in [3.63, 3.8) is 0 Å². The van der Waals surface area contributed by atoms with Crippen LogP contribution in [-0.2, 0) is 0 Å². The number of allylic oxidation sites excluding steroid dienone is 2. The third kappa shape index (κ3) is 41.6. The fourth-order valence-corrected chi connectivity index (χ4v) is 7.69. The van der Waals surface area contributed by atoms with Crippen LogP contribution in [0.2, 0.25) is 0 Å². The van der Waals surface area contributed by atoms with Crippen LogP contribution in [0, 0.1) is 5.92 Å². The van der Waals surface area contributed by atoms with Gasteiger partial charge in [0, 0.05) is 0 Å². The molecular weight excluding hydrogens is 565 g/mol. The van der Waals surface area contributed by atoms with Crippen molar-refractivity contribution in [2.24, 2.45) is 5.92 Å². The Kier molecular flexibility index (Phi) is 43.0. The Hall–Kier alpha value is -0.520. The first-order valence-corrected chi connectivity index (χ1v) is 22.6.